The second-order valence-electron chi connectivity index (χ2n) is 6.48. The molecule has 11 heteroatoms. The number of sulfonamides is 1. The van der Waals surface area contributed by atoms with Crippen molar-refractivity contribution >= 4 is 32.7 Å². The summed E-state index contributed by atoms with van der Waals surface area (Å²) in [6.45, 7) is 6.38. The van der Waals surface area contributed by atoms with E-state index in [1.807, 2.05) is 6.92 Å². The minimum Gasteiger partial charge on any atom is -0.494 e. The van der Waals surface area contributed by atoms with Crippen LogP contribution in [0.15, 0.2) is 47.4 Å². The van der Waals surface area contributed by atoms with Gasteiger partial charge < -0.3 is 14.9 Å². The molecule has 0 aliphatic carbocycles. The van der Waals surface area contributed by atoms with Gasteiger partial charge in [-0.1, -0.05) is 18.7 Å². The van der Waals surface area contributed by atoms with Crippen molar-refractivity contribution < 1.29 is 22.8 Å². The summed E-state index contributed by atoms with van der Waals surface area (Å²) in [6, 6.07) is 11.4. The molecule has 0 saturated carbocycles. The van der Waals surface area contributed by atoms with Gasteiger partial charge in [0.25, 0.3) is 5.91 Å². The molecule has 0 spiro atoms. The largest absolute Gasteiger partial charge is 0.494 e. The number of fused-ring (bicyclic) bond motifs is 1. The van der Waals surface area contributed by atoms with Crippen molar-refractivity contribution in [1.82, 2.24) is 19.5 Å². The number of rotatable bonds is 10. The molecule has 0 unspecified atom stereocenters. The summed E-state index contributed by atoms with van der Waals surface area (Å²) in [5.41, 5.74) is 1.39. The first-order valence-corrected chi connectivity index (χ1v) is 11.3. The Balaban J connectivity index is 1.71. The van der Waals surface area contributed by atoms with Crippen LogP contribution in [0.4, 0.5) is 5.69 Å². The Kier molecular flexibility index (Phi) is 7.08. The van der Waals surface area contributed by atoms with Crippen molar-refractivity contribution in [2.75, 3.05) is 31.6 Å². The molecule has 0 bridgehead atoms. The molecule has 1 N–H and O–H groups in total. The highest BCUT2D eigenvalue weighted by Crippen LogP contribution is 2.20. The molecule has 10 nitrogen and oxygen atoms in total. The molecule has 0 fully saturated rings. The number of anilines is 1. The molecule has 0 aliphatic rings. The zero-order valence-corrected chi connectivity index (χ0v) is 18.4. The van der Waals surface area contributed by atoms with E-state index >= 15 is 0 Å². The lowest BCUT2D eigenvalue weighted by Gasteiger charge is -2.18. The maximum Gasteiger partial charge on any atom is 0.265 e. The lowest BCUT2D eigenvalue weighted by Crippen LogP contribution is -2.30. The molecule has 0 radical (unpaired) electrons. The predicted molar refractivity (Wildman–Crippen MR) is 115 cm³/mol. The van der Waals surface area contributed by atoms with Gasteiger partial charge in [0.05, 0.1) is 11.5 Å². The number of carbonyl (C=O) groups excluding carboxylic acids is 1. The van der Waals surface area contributed by atoms with E-state index in [9.17, 15) is 13.2 Å². The topological polar surface area (TPSA) is 116 Å². The SMILES string of the molecule is CCOc1ccc(NC(=O)COn2nnc3ccc(S(=O)(=O)N(CC)CC)cc32)cc1. The second kappa shape index (κ2) is 9.75. The summed E-state index contributed by atoms with van der Waals surface area (Å²) in [5, 5.41) is 10.5. The van der Waals surface area contributed by atoms with E-state index in [1.54, 1.807) is 44.2 Å². The number of hydrogen-bond acceptors (Lipinski definition) is 7. The Morgan fingerprint density at radius 3 is 2.45 bits per heavy atom. The predicted octanol–water partition coefficient (Wildman–Crippen LogP) is 1.93. The van der Waals surface area contributed by atoms with Gasteiger partial charge in [-0.05, 0) is 54.6 Å². The second-order valence-corrected chi connectivity index (χ2v) is 8.42. The van der Waals surface area contributed by atoms with Crippen LogP contribution < -0.4 is 14.9 Å². The molecule has 0 saturated heterocycles. The lowest BCUT2D eigenvalue weighted by atomic mass is 10.3. The molecule has 3 aromatic rings. The highest BCUT2D eigenvalue weighted by atomic mass is 32.2. The fourth-order valence-corrected chi connectivity index (χ4v) is 4.44. The van der Waals surface area contributed by atoms with Gasteiger partial charge in [0, 0.05) is 18.8 Å². The van der Waals surface area contributed by atoms with Crippen molar-refractivity contribution in [3.05, 3.63) is 42.5 Å². The van der Waals surface area contributed by atoms with Crippen molar-refractivity contribution in [3.63, 3.8) is 0 Å². The summed E-state index contributed by atoms with van der Waals surface area (Å²) < 4.78 is 32.3. The third-order valence-electron chi connectivity index (χ3n) is 4.50. The van der Waals surface area contributed by atoms with Crippen LogP contribution in [-0.4, -0.2) is 60.1 Å². The van der Waals surface area contributed by atoms with Crippen LogP contribution in [0.3, 0.4) is 0 Å². The molecular weight excluding hydrogens is 422 g/mol. The Labute approximate surface area is 180 Å². The van der Waals surface area contributed by atoms with Gasteiger partial charge in [-0.2, -0.15) is 4.31 Å². The number of amides is 1. The number of hydrogen-bond donors (Lipinski definition) is 1. The Morgan fingerprint density at radius 1 is 1.10 bits per heavy atom. The van der Waals surface area contributed by atoms with Crippen molar-refractivity contribution in [3.8, 4) is 5.75 Å². The quantitative estimate of drug-likeness (QED) is 0.505. The number of benzene rings is 2. The fourth-order valence-electron chi connectivity index (χ4n) is 2.96. The first-order valence-electron chi connectivity index (χ1n) is 9.90. The molecule has 1 heterocycles. The van der Waals surface area contributed by atoms with Gasteiger partial charge in [0.15, 0.2) is 6.61 Å². The monoisotopic (exact) mass is 447 g/mol. The smallest absolute Gasteiger partial charge is 0.265 e. The third-order valence-corrected chi connectivity index (χ3v) is 6.54. The maximum absolute atomic E-state index is 12.8. The molecule has 166 valence electrons. The maximum atomic E-state index is 12.8. The van der Waals surface area contributed by atoms with Crippen LogP contribution in [0.5, 0.6) is 5.75 Å². The average molecular weight is 448 g/mol. The lowest BCUT2D eigenvalue weighted by molar-refractivity contribution is -0.121. The fraction of sp³-hybridized carbons (Fsp3) is 0.350. The molecular formula is C20H25N5O5S. The Bertz CT molecular complexity index is 1140. The molecule has 0 atom stereocenters. The van der Waals surface area contributed by atoms with E-state index < -0.39 is 15.9 Å². The van der Waals surface area contributed by atoms with Crippen molar-refractivity contribution in [2.24, 2.45) is 0 Å². The van der Waals surface area contributed by atoms with Crippen molar-refractivity contribution in [2.45, 2.75) is 25.7 Å². The summed E-state index contributed by atoms with van der Waals surface area (Å²) in [6.07, 6.45) is 0. The van der Waals surface area contributed by atoms with E-state index in [4.69, 9.17) is 9.57 Å². The highest BCUT2D eigenvalue weighted by molar-refractivity contribution is 7.89. The third kappa shape index (κ3) is 5.12. The summed E-state index contributed by atoms with van der Waals surface area (Å²) in [4.78, 5) is 18.8. The molecule has 3 rings (SSSR count). The first kappa shape index (κ1) is 22.5. The molecule has 0 aliphatic heterocycles. The standard InChI is InChI=1S/C20H25N5O5S/c1-4-24(5-2)31(27,28)17-11-12-18-19(13-17)25(23-22-18)30-14-20(26)21-15-7-9-16(10-8-15)29-6-3/h7-13H,4-6,14H2,1-3H3,(H,21,26). The summed E-state index contributed by atoms with van der Waals surface area (Å²) in [5.74, 6) is 0.307. The average Bonchev–Trinajstić information content (AvgIpc) is 3.17. The zero-order chi connectivity index (χ0) is 22.4. The van der Waals surface area contributed by atoms with Crippen LogP contribution in [0.1, 0.15) is 20.8 Å². The number of aromatic nitrogens is 3. The zero-order valence-electron chi connectivity index (χ0n) is 17.6. The Hall–Kier alpha value is -3.18. The van der Waals surface area contributed by atoms with Gasteiger partial charge in [-0.15, -0.1) is 5.10 Å². The minimum absolute atomic E-state index is 0.106. The molecule has 1 aromatic heterocycles. The van der Waals surface area contributed by atoms with E-state index in [1.165, 1.54) is 16.4 Å². The number of ether oxygens (including phenoxy) is 1. The normalized spacial score (nSPS) is 11.6. The van der Waals surface area contributed by atoms with Gasteiger partial charge in [0.2, 0.25) is 10.0 Å². The van der Waals surface area contributed by atoms with Gasteiger partial charge in [0.1, 0.15) is 16.8 Å². The van der Waals surface area contributed by atoms with Crippen LogP contribution in [-0.2, 0) is 14.8 Å². The van der Waals surface area contributed by atoms with Gasteiger partial charge in [-0.25, -0.2) is 8.42 Å². The summed E-state index contributed by atoms with van der Waals surface area (Å²) >= 11 is 0. The minimum atomic E-state index is -3.65. The molecule has 31 heavy (non-hydrogen) atoms. The van der Waals surface area contributed by atoms with Crippen LogP contribution in [0, 0.1) is 0 Å². The van der Waals surface area contributed by atoms with Crippen molar-refractivity contribution in [1.29, 1.82) is 0 Å². The van der Waals surface area contributed by atoms with Crippen LogP contribution >= 0.6 is 0 Å². The first-order chi connectivity index (χ1) is 14.9. The number of nitrogens with zero attached hydrogens (tertiary/aromatic N) is 4. The Morgan fingerprint density at radius 2 is 1.81 bits per heavy atom. The van der Waals surface area contributed by atoms with E-state index in [0.29, 0.717) is 42.2 Å². The van der Waals surface area contributed by atoms with Gasteiger partial charge >= 0.3 is 0 Å². The van der Waals surface area contributed by atoms with E-state index in [0.717, 1.165) is 4.85 Å². The van der Waals surface area contributed by atoms with E-state index in [2.05, 4.69) is 15.6 Å². The molecule has 1 amide bonds. The van der Waals surface area contributed by atoms with Crippen LogP contribution in [0.25, 0.3) is 11.0 Å². The van der Waals surface area contributed by atoms with Crippen LogP contribution in [0.2, 0.25) is 0 Å². The molecule has 2 aromatic carbocycles. The van der Waals surface area contributed by atoms with E-state index in [-0.39, 0.29) is 11.5 Å². The number of nitrogens with one attached hydrogen (secondary N) is 1. The summed E-state index contributed by atoms with van der Waals surface area (Å²) in [7, 11) is -3.65. The van der Waals surface area contributed by atoms with Gasteiger partial charge in [-0.3, -0.25) is 4.79 Å². The number of carbonyl (C=O) groups is 1. The highest BCUT2D eigenvalue weighted by Gasteiger charge is 2.23.